The number of nitriles is 1. The van der Waals surface area contributed by atoms with Crippen LogP contribution in [0.1, 0.15) is 32.1 Å². The van der Waals surface area contributed by atoms with Crippen molar-refractivity contribution in [2.75, 3.05) is 6.61 Å². The lowest BCUT2D eigenvalue weighted by Gasteiger charge is -2.17. The lowest BCUT2D eigenvalue weighted by molar-refractivity contribution is 0.301. The van der Waals surface area contributed by atoms with Gasteiger partial charge in [0.15, 0.2) is 0 Å². The number of hydrogen-bond donors (Lipinski definition) is 0. The van der Waals surface area contributed by atoms with Gasteiger partial charge in [0.1, 0.15) is 0 Å². The van der Waals surface area contributed by atoms with Crippen LogP contribution in [0.2, 0.25) is 0 Å². The predicted octanol–water partition coefficient (Wildman–Crippen LogP) is 1.86. The lowest BCUT2D eigenvalue weighted by atomic mass is 9.83. The highest BCUT2D eigenvalue weighted by Gasteiger charge is 2.40. The van der Waals surface area contributed by atoms with Gasteiger partial charge in [0.2, 0.25) is 0 Å². The Balaban J connectivity index is 1.97. The lowest BCUT2D eigenvalue weighted by Crippen LogP contribution is -2.15. The van der Waals surface area contributed by atoms with Gasteiger partial charge in [0.05, 0.1) is 24.2 Å². The quantitative estimate of drug-likeness (QED) is 0.565. The highest BCUT2D eigenvalue weighted by Crippen LogP contribution is 2.43. The van der Waals surface area contributed by atoms with E-state index in [1.807, 2.05) is 0 Å². The fourth-order valence-corrected chi connectivity index (χ4v) is 2.04. The zero-order valence-electron chi connectivity index (χ0n) is 6.68. The molecular formula is C9H13NO. The van der Waals surface area contributed by atoms with Crippen LogP contribution in [0, 0.1) is 16.7 Å². The molecule has 1 aliphatic carbocycles. The number of epoxide rings is 1. The topological polar surface area (TPSA) is 36.3 Å². The second-order valence-corrected chi connectivity index (χ2v) is 3.76. The van der Waals surface area contributed by atoms with Crippen molar-refractivity contribution in [3.63, 3.8) is 0 Å². The number of hydrogen-bond acceptors (Lipinski definition) is 2. The summed E-state index contributed by atoms with van der Waals surface area (Å²) in [5, 5.41) is 8.99. The zero-order chi connectivity index (χ0) is 7.73. The number of ether oxygens (including phenoxy) is 1. The summed E-state index contributed by atoms with van der Waals surface area (Å²) in [5.41, 5.74) is 0.00116. The maximum Gasteiger partial charge on any atom is 0.0825 e. The molecule has 1 saturated carbocycles. The van der Waals surface area contributed by atoms with E-state index in [2.05, 4.69) is 6.07 Å². The Hall–Kier alpha value is -0.550. The normalized spacial score (nSPS) is 33.2. The van der Waals surface area contributed by atoms with Gasteiger partial charge >= 0.3 is 0 Å². The Kier molecular flexibility index (Phi) is 1.61. The van der Waals surface area contributed by atoms with Crippen LogP contribution in [-0.2, 0) is 4.74 Å². The summed E-state index contributed by atoms with van der Waals surface area (Å²) in [6.45, 7) is 0.892. The number of rotatable bonds is 2. The molecule has 0 aromatic rings. The van der Waals surface area contributed by atoms with Crippen LogP contribution in [0.5, 0.6) is 0 Å². The Labute approximate surface area is 67.2 Å². The zero-order valence-corrected chi connectivity index (χ0v) is 6.68. The summed E-state index contributed by atoms with van der Waals surface area (Å²) in [5.74, 6) is 0. The molecule has 2 fully saturated rings. The minimum Gasteiger partial charge on any atom is -0.373 e. The molecule has 2 nitrogen and oxygen atoms in total. The largest absolute Gasteiger partial charge is 0.373 e. The van der Waals surface area contributed by atoms with Crippen molar-refractivity contribution in [3.8, 4) is 6.07 Å². The van der Waals surface area contributed by atoms with E-state index in [9.17, 15) is 0 Å². The van der Waals surface area contributed by atoms with E-state index >= 15 is 0 Å². The second kappa shape index (κ2) is 2.49. The molecule has 0 unspecified atom stereocenters. The average molecular weight is 151 g/mol. The summed E-state index contributed by atoms with van der Waals surface area (Å²) in [6, 6.07) is 2.47. The van der Waals surface area contributed by atoms with Crippen LogP contribution < -0.4 is 0 Å². The van der Waals surface area contributed by atoms with Gasteiger partial charge < -0.3 is 4.74 Å². The maximum absolute atomic E-state index is 8.99. The molecule has 1 atom stereocenters. The monoisotopic (exact) mass is 151 g/mol. The standard InChI is InChI=1S/C9H13NO/c10-7-9(3-1-2-4-9)5-8-6-11-8/h8H,1-6H2/t8-/m0/s1. The molecule has 0 amide bonds. The summed E-state index contributed by atoms with van der Waals surface area (Å²) >= 11 is 0. The molecule has 2 aliphatic rings. The van der Waals surface area contributed by atoms with Crippen molar-refractivity contribution in [2.45, 2.75) is 38.2 Å². The van der Waals surface area contributed by atoms with Gasteiger partial charge in [-0.15, -0.1) is 0 Å². The van der Waals surface area contributed by atoms with Crippen LogP contribution >= 0.6 is 0 Å². The molecule has 2 heteroatoms. The molecule has 1 heterocycles. The maximum atomic E-state index is 8.99. The molecule has 1 saturated heterocycles. The van der Waals surface area contributed by atoms with Gasteiger partial charge in [-0.1, -0.05) is 12.8 Å². The van der Waals surface area contributed by atoms with Crippen molar-refractivity contribution >= 4 is 0 Å². The Bertz CT molecular complexity index is 184. The molecule has 0 N–H and O–H groups in total. The summed E-state index contributed by atoms with van der Waals surface area (Å²) in [4.78, 5) is 0. The Morgan fingerprint density at radius 3 is 2.55 bits per heavy atom. The molecule has 60 valence electrons. The van der Waals surface area contributed by atoms with E-state index < -0.39 is 0 Å². The molecule has 0 spiro atoms. The molecule has 0 radical (unpaired) electrons. The van der Waals surface area contributed by atoms with Gasteiger partial charge in [-0.2, -0.15) is 5.26 Å². The minimum atomic E-state index is 0.00116. The van der Waals surface area contributed by atoms with Gasteiger partial charge in [0, 0.05) is 0 Å². The fourth-order valence-electron chi connectivity index (χ4n) is 2.04. The van der Waals surface area contributed by atoms with Gasteiger partial charge in [-0.05, 0) is 19.3 Å². The third-order valence-corrected chi connectivity index (χ3v) is 2.82. The van der Waals surface area contributed by atoms with E-state index in [0.29, 0.717) is 6.10 Å². The van der Waals surface area contributed by atoms with Crippen molar-refractivity contribution in [2.24, 2.45) is 5.41 Å². The van der Waals surface area contributed by atoms with Crippen LogP contribution in [0.25, 0.3) is 0 Å². The molecule has 11 heavy (non-hydrogen) atoms. The Morgan fingerprint density at radius 1 is 1.45 bits per heavy atom. The summed E-state index contributed by atoms with van der Waals surface area (Å²) < 4.78 is 5.15. The van der Waals surface area contributed by atoms with Crippen LogP contribution in [-0.4, -0.2) is 12.7 Å². The first-order valence-electron chi connectivity index (χ1n) is 4.38. The van der Waals surface area contributed by atoms with E-state index in [4.69, 9.17) is 10.00 Å². The van der Waals surface area contributed by atoms with Crippen molar-refractivity contribution in [3.05, 3.63) is 0 Å². The molecule has 0 aromatic heterocycles. The third-order valence-electron chi connectivity index (χ3n) is 2.82. The minimum absolute atomic E-state index is 0.00116. The van der Waals surface area contributed by atoms with E-state index in [-0.39, 0.29) is 5.41 Å². The smallest absolute Gasteiger partial charge is 0.0825 e. The van der Waals surface area contributed by atoms with Crippen molar-refractivity contribution in [1.29, 1.82) is 5.26 Å². The van der Waals surface area contributed by atoms with E-state index in [1.54, 1.807) is 0 Å². The van der Waals surface area contributed by atoms with Crippen LogP contribution in [0.15, 0.2) is 0 Å². The van der Waals surface area contributed by atoms with E-state index in [1.165, 1.54) is 12.8 Å². The van der Waals surface area contributed by atoms with E-state index in [0.717, 1.165) is 25.9 Å². The first kappa shape index (κ1) is 7.12. The number of nitrogens with zero attached hydrogens (tertiary/aromatic N) is 1. The van der Waals surface area contributed by atoms with Gasteiger partial charge in [-0.25, -0.2) is 0 Å². The predicted molar refractivity (Wildman–Crippen MR) is 40.9 cm³/mol. The molecule has 0 aromatic carbocycles. The summed E-state index contributed by atoms with van der Waals surface area (Å²) in [7, 11) is 0. The van der Waals surface area contributed by atoms with Crippen molar-refractivity contribution in [1.82, 2.24) is 0 Å². The molecular weight excluding hydrogens is 138 g/mol. The molecule has 0 bridgehead atoms. The SMILES string of the molecule is N#CC1(C[C@H]2CO2)CCCC1. The highest BCUT2D eigenvalue weighted by atomic mass is 16.6. The summed E-state index contributed by atoms with van der Waals surface area (Å²) in [6.07, 6.45) is 6.09. The fraction of sp³-hybridized carbons (Fsp3) is 0.889. The van der Waals surface area contributed by atoms with Gasteiger partial charge in [-0.3, -0.25) is 0 Å². The third kappa shape index (κ3) is 1.39. The van der Waals surface area contributed by atoms with Gasteiger partial charge in [0.25, 0.3) is 0 Å². The molecule has 1 aliphatic heterocycles. The molecule has 2 rings (SSSR count). The Morgan fingerprint density at radius 2 is 2.09 bits per heavy atom. The van der Waals surface area contributed by atoms with Crippen molar-refractivity contribution < 1.29 is 4.74 Å². The first-order valence-corrected chi connectivity index (χ1v) is 4.38. The van der Waals surface area contributed by atoms with Crippen LogP contribution in [0.4, 0.5) is 0 Å². The van der Waals surface area contributed by atoms with Crippen LogP contribution in [0.3, 0.4) is 0 Å². The second-order valence-electron chi connectivity index (χ2n) is 3.76. The highest BCUT2D eigenvalue weighted by molar-refractivity contribution is 5.04. The first-order chi connectivity index (χ1) is 5.35. The average Bonchev–Trinajstić information content (AvgIpc) is 2.68.